The molecule has 3 aromatic rings. The fourth-order valence-corrected chi connectivity index (χ4v) is 3.89. The highest BCUT2D eigenvalue weighted by Crippen LogP contribution is 2.26. The van der Waals surface area contributed by atoms with E-state index in [0.717, 1.165) is 54.0 Å². The van der Waals surface area contributed by atoms with Crippen molar-refractivity contribution < 1.29 is 4.74 Å². The molecule has 6 heteroatoms. The lowest BCUT2D eigenvalue weighted by molar-refractivity contribution is 0.321. The highest BCUT2D eigenvalue weighted by Gasteiger charge is 2.22. The minimum absolute atomic E-state index is 0.149. The summed E-state index contributed by atoms with van der Waals surface area (Å²) in [7, 11) is 0. The van der Waals surface area contributed by atoms with Gasteiger partial charge in [-0.25, -0.2) is 4.98 Å². The summed E-state index contributed by atoms with van der Waals surface area (Å²) in [5.74, 6) is 1.44. The van der Waals surface area contributed by atoms with Crippen molar-refractivity contribution in [2.45, 2.75) is 13.0 Å². The van der Waals surface area contributed by atoms with Gasteiger partial charge in [-0.15, -0.1) is 0 Å². The molecular formula is C24H21N5O. The van der Waals surface area contributed by atoms with Gasteiger partial charge in [-0.1, -0.05) is 6.07 Å². The van der Waals surface area contributed by atoms with Crippen LogP contribution in [0.25, 0.3) is 16.5 Å². The minimum atomic E-state index is 0.149. The average molecular weight is 395 g/mol. The minimum Gasteiger partial charge on any atom is -0.439 e. The van der Waals surface area contributed by atoms with Crippen LogP contribution in [0.1, 0.15) is 17.7 Å². The first-order chi connectivity index (χ1) is 14.8. The molecule has 1 saturated heterocycles. The molecule has 1 atom stereocenters. The summed E-state index contributed by atoms with van der Waals surface area (Å²) in [6.45, 7) is 3.28. The predicted molar refractivity (Wildman–Crippen MR) is 116 cm³/mol. The van der Waals surface area contributed by atoms with Gasteiger partial charge in [0.15, 0.2) is 0 Å². The molecule has 2 aliphatic rings. The Hall–Kier alpha value is -3.56. The molecule has 0 bridgehead atoms. The van der Waals surface area contributed by atoms with Crippen molar-refractivity contribution in [3.63, 3.8) is 0 Å². The van der Waals surface area contributed by atoms with Crippen molar-refractivity contribution in [1.29, 1.82) is 5.26 Å². The summed E-state index contributed by atoms with van der Waals surface area (Å²) >= 11 is 0. The molecule has 0 radical (unpaired) electrons. The van der Waals surface area contributed by atoms with Gasteiger partial charge in [-0.2, -0.15) is 5.26 Å². The first-order valence-electron chi connectivity index (χ1n) is 10.1. The second-order valence-electron chi connectivity index (χ2n) is 7.68. The van der Waals surface area contributed by atoms with Crippen molar-refractivity contribution >= 4 is 22.7 Å². The molecule has 0 N–H and O–H groups in total. The number of nitrogens with zero attached hydrogens (tertiary/aromatic N) is 5. The number of pyridine rings is 2. The number of ether oxygens (including phenoxy) is 1. The number of aliphatic imine (C=N–C) groups is 1. The van der Waals surface area contributed by atoms with E-state index < -0.39 is 0 Å². The monoisotopic (exact) mass is 395 g/mol. The number of likely N-dealkylation sites (tertiary alicyclic amines) is 1. The Labute approximate surface area is 175 Å². The number of fused-ring (bicyclic) bond motifs is 1. The Balaban J connectivity index is 1.27. The molecule has 0 unspecified atom stereocenters. The van der Waals surface area contributed by atoms with E-state index in [1.807, 2.05) is 48.8 Å². The lowest BCUT2D eigenvalue weighted by Crippen LogP contribution is -2.20. The largest absolute Gasteiger partial charge is 0.439 e. The number of benzene rings is 1. The van der Waals surface area contributed by atoms with E-state index in [-0.39, 0.29) is 5.92 Å². The van der Waals surface area contributed by atoms with Gasteiger partial charge in [0.25, 0.3) is 0 Å². The fraction of sp³-hybridized carbons (Fsp3) is 0.250. The zero-order valence-electron chi connectivity index (χ0n) is 16.5. The molecule has 0 aliphatic carbocycles. The van der Waals surface area contributed by atoms with Crippen LogP contribution in [0.5, 0.6) is 11.6 Å². The molecule has 2 aliphatic heterocycles. The van der Waals surface area contributed by atoms with Crippen LogP contribution in [-0.2, 0) is 6.54 Å². The molecule has 1 fully saturated rings. The lowest BCUT2D eigenvalue weighted by Gasteiger charge is -2.14. The lowest BCUT2D eigenvalue weighted by atomic mass is 10.1. The molecule has 4 heterocycles. The summed E-state index contributed by atoms with van der Waals surface area (Å²) in [6, 6.07) is 16.3. The van der Waals surface area contributed by atoms with E-state index in [9.17, 15) is 0 Å². The Bertz CT molecular complexity index is 1180. The summed E-state index contributed by atoms with van der Waals surface area (Å²) in [5, 5.41) is 10.1. The van der Waals surface area contributed by atoms with Crippen molar-refractivity contribution in [2.24, 2.45) is 10.9 Å². The molecule has 6 nitrogen and oxygen atoms in total. The molecule has 0 amide bonds. The van der Waals surface area contributed by atoms with Crippen LogP contribution in [0.2, 0.25) is 0 Å². The summed E-state index contributed by atoms with van der Waals surface area (Å²) in [5.41, 5.74) is 4.19. The third-order valence-corrected chi connectivity index (χ3v) is 5.53. The molecular weight excluding hydrogens is 374 g/mol. The highest BCUT2D eigenvalue weighted by molar-refractivity contribution is 5.89. The van der Waals surface area contributed by atoms with Crippen LogP contribution < -0.4 is 4.74 Å². The molecule has 1 aromatic carbocycles. The van der Waals surface area contributed by atoms with E-state index in [1.165, 1.54) is 5.57 Å². The fourth-order valence-electron chi connectivity index (χ4n) is 3.89. The molecule has 0 spiro atoms. The molecule has 2 aromatic heterocycles. The van der Waals surface area contributed by atoms with Crippen molar-refractivity contribution in [3.05, 3.63) is 66.0 Å². The van der Waals surface area contributed by atoms with Crippen LogP contribution in [0, 0.1) is 17.2 Å². The van der Waals surface area contributed by atoms with E-state index in [1.54, 1.807) is 0 Å². The maximum absolute atomic E-state index is 9.07. The second-order valence-corrected chi connectivity index (χ2v) is 7.68. The van der Waals surface area contributed by atoms with Gasteiger partial charge in [-0.3, -0.25) is 14.9 Å². The Morgan fingerprint density at radius 1 is 1.17 bits per heavy atom. The van der Waals surface area contributed by atoms with Gasteiger partial charge in [0.2, 0.25) is 5.88 Å². The standard InChI is InChI=1S/C24H21N5O/c25-12-17-8-10-29(15-17)16-21-3-1-18-11-22(4-5-23(18)28-21)30-24-6-2-19(14-27-24)20-7-9-26-13-20/h1-7,9,11,14,17H,8,10,13,15-16H2/t17-/m0/s1. The second kappa shape index (κ2) is 8.05. The normalized spacial score (nSPS) is 18.5. The van der Waals surface area contributed by atoms with Crippen LogP contribution in [0.4, 0.5) is 0 Å². The van der Waals surface area contributed by atoms with E-state index in [4.69, 9.17) is 15.0 Å². The third kappa shape index (κ3) is 3.93. The first kappa shape index (κ1) is 18.5. The zero-order valence-corrected chi connectivity index (χ0v) is 16.5. The Morgan fingerprint density at radius 2 is 2.13 bits per heavy atom. The van der Waals surface area contributed by atoms with Crippen LogP contribution in [-0.4, -0.2) is 40.7 Å². The topological polar surface area (TPSA) is 74.4 Å². The van der Waals surface area contributed by atoms with Gasteiger partial charge in [0, 0.05) is 37.0 Å². The number of nitriles is 1. The molecule has 30 heavy (non-hydrogen) atoms. The maximum atomic E-state index is 9.07. The molecule has 148 valence electrons. The zero-order chi connectivity index (χ0) is 20.3. The summed E-state index contributed by atoms with van der Waals surface area (Å²) in [6.07, 6.45) is 6.60. The van der Waals surface area contributed by atoms with Crippen molar-refractivity contribution in [2.75, 3.05) is 19.6 Å². The number of hydrogen-bond donors (Lipinski definition) is 0. The van der Waals surface area contributed by atoms with E-state index in [2.05, 4.69) is 33.1 Å². The third-order valence-electron chi connectivity index (χ3n) is 5.53. The molecule has 0 saturated carbocycles. The van der Waals surface area contributed by atoms with Crippen molar-refractivity contribution in [1.82, 2.24) is 14.9 Å². The van der Waals surface area contributed by atoms with Gasteiger partial charge in [0.05, 0.1) is 29.7 Å². The smallest absolute Gasteiger partial charge is 0.219 e. The first-order valence-corrected chi connectivity index (χ1v) is 10.1. The van der Waals surface area contributed by atoms with Gasteiger partial charge in [-0.05, 0) is 60.5 Å². The van der Waals surface area contributed by atoms with Crippen molar-refractivity contribution in [3.8, 4) is 17.7 Å². The SMILES string of the molecule is N#C[C@@H]1CCN(Cc2ccc3cc(Oc4ccc(C5=CC=NC5)cn4)ccc3n2)C1. The number of allylic oxidation sites excluding steroid dienone is 1. The highest BCUT2D eigenvalue weighted by atomic mass is 16.5. The Morgan fingerprint density at radius 3 is 2.90 bits per heavy atom. The predicted octanol–water partition coefficient (Wildman–Crippen LogP) is 4.24. The number of hydrogen-bond acceptors (Lipinski definition) is 6. The molecule has 5 rings (SSSR count). The maximum Gasteiger partial charge on any atom is 0.219 e. The van der Waals surface area contributed by atoms with Crippen LogP contribution in [0.3, 0.4) is 0 Å². The van der Waals surface area contributed by atoms with Crippen LogP contribution in [0.15, 0.2) is 59.7 Å². The average Bonchev–Trinajstić information content (AvgIpc) is 3.47. The van der Waals surface area contributed by atoms with E-state index in [0.29, 0.717) is 12.4 Å². The number of aromatic nitrogens is 2. The van der Waals surface area contributed by atoms with Gasteiger partial charge < -0.3 is 4.74 Å². The van der Waals surface area contributed by atoms with Gasteiger partial charge in [0.1, 0.15) is 5.75 Å². The quantitative estimate of drug-likeness (QED) is 0.646. The van der Waals surface area contributed by atoms with Gasteiger partial charge >= 0.3 is 0 Å². The summed E-state index contributed by atoms with van der Waals surface area (Å²) < 4.78 is 5.94. The number of rotatable bonds is 5. The van der Waals surface area contributed by atoms with E-state index >= 15 is 0 Å². The van der Waals surface area contributed by atoms with Crippen LogP contribution >= 0.6 is 0 Å². The summed E-state index contributed by atoms with van der Waals surface area (Å²) in [4.78, 5) is 15.7. The Kier molecular flexibility index (Phi) is 4.96.